The van der Waals surface area contributed by atoms with Gasteiger partial charge in [-0.2, -0.15) is 0 Å². The van der Waals surface area contributed by atoms with Crippen LogP contribution in [0, 0.1) is 14.8 Å². The summed E-state index contributed by atoms with van der Waals surface area (Å²) in [4.78, 5) is 0. The molecule has 0 spiro atoms. The molecule has 0 unspecified atom stereocenters. The highest BCUT2D eigenvalue weighted by Gasteiger charge is 1.98. The first kappa shape index (κ1) is 5.36. The maximum Gasteiger partial charge on any atom is 0.435 e. The summed E-state index contributed by atoms with van der Waals surface area (Å²) in [5.74, 6) is 0. The van der Waals surface area contributed by atoms with Crippen LogP contribution >= 0.6 is 0 Å². The molecule has 0 aliphatic heterocycles. The van der Waals surface area contributed by atoms with Gasteiger partial charge in [-0.25, -0.2) is 0 Å². The van der Waals surface area contributed by atoms with Crippen LogP contribution in [0.4, 0.5) is 0 Å². The van der Waals surface area contributed by atoms with Crippen LogP contribution in [0.3, 0.4) is 0 Å². The van der Waals surface area contributed by atoms with Gasteiger partial charge in [0.25, 0.3) is 0 Å². The molecule has 0 saturated carbocycles. The van der Waals surface area contributed by atoms with Crippen molar-refractivity contribution < 1.29 is 27.0 Å². The molecule has 0 aliphatic rings. The lowest BCUT2D eigenvalue weighted by Gasteiger charge is -1.78. The van der Waals surface area contributed by atoms with Gasteiger partial charge in [-0.05, 0) is 3.83 Å². The molecule has 0 atom stereocenters. The van der Waals surface area contributed by atoms with E-state index in [9.17, 15) is 8.40 Å². The third kappa shape index (κ3) is 4.36. The summed E-state index contributed by atoms with van der Waals surface area (Å²) in [6.07, 6.45) is 0. The molecule has 0 radical (unpaired) electrons. The van der Waals surface area contributed by atoms with E-state index in [1.165, 1.54) is 0 Å². The molecule has 0 amide bonds. The highest BCUT2D eigenvalue weighted by molar-refractivity contribution is 3.30. The van der Waals surface area contributed by atoms with Crippen LogP contribution in [-0.2, 0) is 3.83 Å². The Morgan fingerprint density at radius 2 is 1.80 bits per heavy atom. The molecule has 0 N–H and O–H groups in total. The summed E-state index contributed by atoms with van der Waals surface area (Å²) in [6.45, 7) is 0. The minimum absolute atomic E-state index is 1.12. The molecule has 0 rings (SSSR count). The van der Waals surface area contributed by atoms with E-state index < -0.39 is 14.8 Å². The number of hydrogen-bond donors (Lipinski definition) is 0. The lowest BCUT2D eigenvalue weighted by molar-refractivity contribution is -1.63. The number of rotatable bonds is 1. The van der Waals surface area contributed by atoms with Crippen LogP contribution in [0.2, 0.25) is 0 Å². The number of hydrogen-bond acceptors (Lipinski definition) is 3. The monoisotopic (exact) mass is 142 g/mol. The van der Waals surface area contributed by atoms with Crippen molar-refractivity contribution in [3.8, 4) is 0 Å². The van der Waals surface area contributed by atoms with Crippen molar-refractivity contribution >= 4 is 0 Å². The van der Waals surface area contributed by atoms with Gasteiger partial charge in [-0.3, -0.25) is 0 Å². The summed E-state index contributed by atoms with van der Waals surface area (Å²) >= 11 is -2.89. The molecule has 0 aliphatic carbocycles. The van der Waals surface area contributed by atoms with Crippen molar-refractivity contribution in [2.75, 3.05) is 7.11 Å². The second-order valence-electron chi connectivity index (χ2n) is 0.343. The van der Waals surface area contributed by atoms with Crippen LogP contribution < -0.4 is 8.40 Å². The molecular weight excluding hydrogens is 140 g/mol. The van der Waals surface area contributed by atoms with Crippen LogP contribution in [0.25, 0.3) is 0 Å². The molecule has 0 aromatic heterocycles. The predicted molar refractivity (Wildman–Crippen MR) is 7.01 cm³/mol. The van der Waals surface area contributed by atoms with E-state index in [1.807, 2.05) is 0 Å². The van der Waals surface area contributed by atoms with Crippen molar-refractivity contribution in [1.29, 1.82) is 0 Å². The highest BCUT2D eigenvalue weighted by atomic mass is 80.0. The lowest BCUT2D eigenvalue weighted by Crippen LogP contribution is -2.32. The molecule has 3 nitrogen and oxygen atoms in total. The van der Waals surface area contributed by atoms with Gasteiger partial charge in [0.15, 0.2) is 0 Å². The van der Waals surface area contributed by atoms with E-state index in [-0.39, 0.29) is 0 Å². The lowest BCUT2D eigenvalue weighted by atomic mass is 11.8. The first-order chi connectivity index (χ1) is 2.27. The second kappa shape index (κ2) is 2.59. The smallest absolute Gasteiger partial charge is 0.372 e. The molecular formula is CH3BrO3. The summed E-state index contributed by atoms with van der Waals surface area (Å²) in [7, 11) is 1.12. The van der Waals surface area contributed by atoms with Gasteiger partial charge >= 0.3 is 14.8 Å². The first-order valence-corrected chi connectivity index (χ1v) is 2.81. The Kier molecular flexibility index (Phi) is 2.78. The Balaban J connectivity index is 2.54. The van der Waals surface area contributed by atoms with Gasteiger partial charge in [0.1, 0.15) is 7.11 Å². The highest BCUT2D eigenvalue weighted by Crippen LogP contribution is 1.61. The van der Waals surface area contributed by atoms with Gasteiger partial charge in [0.2, 0.25) is 0 Å². The predicted octanol–water partition coefficient (Wildman–Crippen LogP) is -2.28. The van der Waals surface area contributed by atoms with Crippen molar-refractivity contribution in [3.63, 3.8) is 0 Å². The van der Waals surface area contributed by atoms with Gasteiger partial charge in [-0.15, -0.1) is 0 Å². The molecule has 0 bridgehead atoms. The van der Waals surface area contributed by atoms with E-state index >= 15 is 0 Å². The fraction of sp³-hybridized carbons (Fsp3) is 1.00. The maximum atomic E-state index is 9.22. The third-order valence-corrected chi connectivity index (χ3v) is 0.655. The van der Waals surface area contributed by atoms with Gasteiger partial charge in [0, 0.05) is 0 Å². The zero-order valence-corrected chi connectivity index (χ0v) is 4.19. The quantitative estimate of drug-likeness (QED) is 0.415. The zero-order valence-electron chi connectivity index (χ0n) is 2.60. The first-order valence-electron chi connectivity index (χ1n) is 0.871. The summed E-state index contributed by atoms with van der Waals surface area (Å²) in [5, 5.41) is 0. The molecule has 32 valence electrons. The standard InChI is InChI=1S/CH3BrO3/c1-5-2(3)4/h1H3. The molecule has 5 heavy (non-hydrogen) atoms. The van der Waals surface area contributed by atoms with Gasteiger partial charge in [-0.1, -0.05) is 0 Å². The summed E-state index contributed by atoms with van der Waals surface area (Å²) < 4.78 is 22.2. The van der Waals surface area contributed by atoms with E-state index in [4.69, 9.17) is 0 Å². The fourth-order valence-electron chi connectivity index (χ4n) is 0. The molecule has 0 fully saturated rings. The average Bonchev–Trinajstić information content (AvgIpc) is 1.38. The minimum Gasteiger partial charge on any atom is -0.372 e. The van der Waals surface area contributed by atoms with Gasteiger partial charge in [0.05, 0.1) is 0 Å². The topological polar surface area (TPSA) is 55.3 Å². The van der Waals surface area contributed by atoms with Crippen molar-refractivity contribution in [1.82, 2.24) is 0 Å². The average molecular weight is 143 g/mol. The molecule has 0 aromatic carbocycles. The molecule has 0 heterocycles. The van der Waals surface area contributed by atoms with Crippen molar-refractivity contribution in [2.45, 2.75) is 0 Å². The van der Waals surface area contributed by atoms with E-state index in [0.29, 0.717) is 0 Å². The Bertz CT molecular complexity index is 20.9. The van der Waals surface area contributed by atoms with E-state index in [1.54, 1.807) is 0 Å². The Morgan fingerprint density at radius 3 is 1.80 bits per heavy atom. The normalized spacial score (nSPS) is 9.60. The van der Waals surface area contributed by atoms with Crippen molar-refractivity contribution in [2.24, 2.45) is 0 Å². The second-order valence-corrected chi connectivity index (χ2v) is 1.78. The molecule has 0 saturated heterocycles. The SMILES string of the molecule is CO[Br+2]([O-])[O-]. The summed E-state index contributed by atoms with van der Waals surface area (Å²) in [5.41, 5.74) is 0. The van der Waals surface area contributed by atoms with Crippen LogP contribution in [0.1, 0.15) is 0 Å². The fourth-order valence-corrected chi connectivity index (χ4v) is 0. The maximum absolute atomic E-state index is 9.22. The largest absolute Gasteiger partial charge is 0.435 e. The van der Waals surface area contributed by atoms with Crippen LogP contribution in [0.15, 0.2) is 0 Å². The van der Waals surface area contributed by atoms with Crippen LogP contribution in [-0.4, -0.2) is 7.11 Å². The molecule has 4 heteroatoms. The Morgan fingerprint density at radius 1 is 1.60 bits per heavy atom. The zero-order chi connectivity index (χ0) is 4.28. The van der Waals surface area contributed by atoms with Crippen molar-refractivity contribution in [3.05, 3.63) is 0 Å². The van der Waals surface area contributed by atoms with E-state index in [2.05, 4.69) is 3.83 Å². The molecule has 0 aromatic rings. The Hall–Kier alpha value is 0.360. The third-order valence-electron chi connectivity index (χ3n) is 0.126. The Labute approximate surface area is 35.0 Å². The number of halogens is 1. The van der Waals surface area contributed by atoms with Gasteiger partial charge < -0.3 is 8.40 Å². The van der Waals surface area contributed by atoms with E-state index in [0.717, 1.165) is 7.11 Å². The van der Waals surface area contributed by atoms with Crippen LogP contribution in [0.5, 0.6) is 0 Å². The minimum atomic E-state index is -2.89. The summed E-state index contributed by atoms with van der Waals surface area (Å²) in [6, 6.07) is 0.